The molecule has 0 unspecified atom stereocenters. The molecule has 2 aromatic rings. The van der Waals surface area contributed by atoms with E-state index in [9.17, 15) is 4.79 Å². The van der Waals surface area contributed by atoms with Crippen molar-refractivity contribution in [2.75, 3.05) is 5.32 Å². The fourth-order valence-electron chi connectivity index (χ4n) is 1.72. The summed E-state index contributed by atoms with van der Waals surface area (Å²) in [6.45, 7) is 2.17. The summed E-state index contributed by atoms with van der Waals surface area (Å²) in [5.41, 5.74) is 1.93. The van der Waals surface area contributed by atoms with Crippen LogP contribution >= 0.6 is 0 Å². The molecule has 1 aromatic carbocycles. The molecule has 1 heterocycles. The lowest BCUT2D eigenvalue weighted by molar-refractivity contribution is 0.102. The normalized spacial score (nSPS) is 10.3. The lowest BCUT2D eigenvalue weighted by Gasteiger charge is -2.04. The summed E-state index contributed by atoms with van der Waals surface area (Å²) in [4.78, 5) is 11.9. The second-order valence-corrected chi connectivity index (χ2v) is 4.22. The predicted molar refractivity (Wildman–Crippen MR) is 71.6 cm³/mol. The molecule has 0 saturated heterocycles. The van der Waals surface area contributed by atoms with Crippen molar-refractivity contribution in [2.45, 2.75) is 26.2 Å². The molecule has 0 radical (unpaired) electrons. The lowest BCUT2D eigenvalue weighted by atomic mass is 10.1. The van der Waals surface area contributed by atoms with Crippen molar-refractivity contribution in [3.05, 3.63) is 47.7 Å². The standard InChI is InChI=1S/C14H17N3O/c1-2-3-4-11-5-7-12(8-6-11)14(18)16-13-9-10-15-17-13/h5-10H,2-4H2,1H3,(H2,15,16,17,18). The van der Waals surface area contributed by atoms with Gasteiger partial charge in [-0.25, -0.2) is 0 Å². The zero-order valence-electron chi connectivity index (χ0n) is 10.4. The van der Waals surface area contributed by atoms with Crippen LogP contribution in [0.2, 0.25) is 0 Å². The molecule has 2 rings (SSSR count). The van der Waals surface area contributed by atoms with E-state index < -0.39 is 0 Å². The van der Waals surface area contributed by atoms with E-state index in [4.69, 9.17) is 0 Å². The van der Waals surface area contributed by atoms with Crippen molar-refractivity contribution < 1.29 is 4.79 Å². The van der Waals surface area contributed by atoms with E-state index in [0.29, 0.717) is 11.4 Å². The van der Waals surface area contributed by atoms with Crippen molar-refractivity contribution in [3.63, 3.8) is 0 Å². The molecule has 0 spiro atoms. The minimum atomic E-state index is -0.124. The number of carbonyl (C=O) groups is 1. The maximum absolute atomic E-state index is 11.9. The molecule has 0 bridgehead atoms. The number of carbonyl (C=O) groups excluding carboxylic acids is 1. The molecular formula is C14H17N3O. The van der Waals surface area contributed by atoms with E-state index in [0.717, 1.165) is 6.42 Å². The van der Waals surface area contributed by atoms with Crippen molar-refractivity contribution in [3.8, 4) is 0 Å². The zero-order chi connectivity index (χ0) is 12.8. The Morgan fingerprint density at radius 2 is 2.06 bits per heavy atom. The third-order valence-electron chi connectivity index (χ3n) is 2.78. The topological polar surface area (TPSA) is 57.8 Å². The third-order valence-corrected chi connectivity index (χ3v) is 2.78. The number of aromatic nitrogens is 2. The Labute approximate surface area is 106 Å². The van der Waals surface area contributed by atoms with Crippen LogP contribution in [0.5, 0.6) is 0 Å². The van der Waals surface area contributed by atoms with Crippen molar-refractivity contribution in [2.24, 2.45) is 0 Å². The van der Waals surface area contributed by atoms with Gasteiger partial charge in [0.25, 0.3) is 5.91 Å². The van der Waals surface area contributed by atoms with Crippen molar-refractivity contribution >= 4 is 11.7 Å². The minimum Gasteiger partial charge on any atom is -0.307 e. The number of anilines is 1. The van der Waals surface area contributed by atoms with Gasteiger partial charge >= 0.3 is 0 Å². The summed E-state index contributed by atoms with van der Waals surface area (Å²) in [5.74, 6) is 0.483. The van der Waals surface area contributed by atoms with Gasteiger partial charge < -0.3 is 5.32 Å². The Bertz CT molecular complexity index is 488. The first-order valence-corrected chi connectivity index (χ1v) is 6.19. The molecule has 2 N–H and O–H groups in total. The molecule has 0 aliphatic carbocycles. The lowest BCUT2D eigenvalue weighted by Crippen LogP contribution is -2.12. The van der Waals surface area contributed by atoms with Gasteiger partial charge in [-0.15, -0.1) is 0 Å². The highest BCUT2D eigenvalue weighted by atomic mass is 16.1. The van der Waals surface area contributed by atoms with E-state index in [1.54, 1.807) is 12.3 Å². The Morgan fingerprint density at radius 3 is 2.67 bits per heavy atom. The Morgan fingerprint density at radius 1 is 1.28 bits per heavy atom. The second kappa shape index (κ2) is 6.00. The number of unbranched alkanes of at least 4 members (excludes halogenated alkanes) is 1. The molecule has 0 aliphatic heterocycles. The average molecular weight is 243 g/mol. The van der Waals surface area contributed by atoms with Crippen LogP contribution in [-0.4, -0.2) is 16.1 Å². The summed E-state index contributed by atoms with van der Waals surface area (Å²) in [6.07, 6.45) is 5.03. The molecule has 4 heteroatoms. The maximum Gasteiger partial charge on any atom is 0.256 e. The maximum atomic E-state index is 11.9. The smallest absolute Gasteiger partial charge is 0.256 e. The number of benzene rings is 1. The third kappa shape index (κ3) is 3.20. The Balaban J connectivity index is 1.98. The Hall–Kier alpha value is -2.10. The first kappa shape index (κ1) is 12.4. The van der Waals surface area contributed by atoms with Gasteiger partial charge in [0.15, 0.2) is 0 Å². The van der Waals surface area contributed by atoms with Crippen LogP contribution < -0.4 is 5.32 Å². The zero-order valence-corrected chi connectivity index (χ0v) is 10.4. The number of amides is 1. The number of H-pyrrole nitrogens is 1. The van der Waals surface area contributed by atoms with Gasteiger partial charge in [-0.2, -0.15) is 5.10 Å². The predicted octanol–water partition coefficient (Wildman–Crippen LogP) is 3.00. The molecule has 1 amide bonds. The van der Waals surface area contributed by atoms with E-state index in [1.807, 2.05) is 24.3 Å². The highest BCUT2D eigenvalue weighted by molar-refractivity contribution is 6.03. The largest absolute Gasteiger partial charge is 0.307 e. The number of nitrogens with one attached hydrogen (secondary N) is 2. The fourth-order valence-corrected chi connectivity index (χ4v) is 1.72. The number of hydrogen-bond donors (Lipinski definition) is 2. The average Bonchev–Trinajstić information content (AvgIpc) is 2.89. The van der Waals surface area contributed by atoms with Crippen LogP contribution in [0.4, 0.5) is 5.82 Å². The summed E-state index contributed by atoms with van der Waals surface area (Å²) >= 11 is 0. The van der Waals surface area contributed by atoms with Gasteiger partial charge in [0.2, 0.25) is 0 Å². The van der Waals surface area contributed by atoms with Crippen LogP contribution in [0.25, 0.3) is 0 Å². The summed E-state index contributed by atoms with van der Waals surface area (Å²) in [6, 6.07) is 9.45. The van der Waals surface area contributed by atoms with E-state index in [2.05, 4.69) is 22.4 Å². The minimum absolute atomic E-state index is 0.124. The number of nitrogens with zero attached hydrogens (tertiary/aromatic N) is 1. The van der Waals surface area contributed by atoms with Gasteiger partial charge in [0.05, 0.1) is 6.20 Å². The van der Waals surface area contributed by atoms with Crippen molar-refractivity contribution in [1.29, 1.82) is 0 Å². The molecule has 4 nitrogen and oxygen atoms in total. The van der Waals surface area contributed by atoms with Gasteiger partial charge in [0, 0.05) is 11.6 Å². The molecule has 1 aromatic heterocycles. The number of rotatable bonds is 5. The monoisotopic (exact) mass is 243 g/mol. The molecule has 0 fully saturated rings. The van der Waals surface area contributed by atoms with Crippen molar-refractivity contribution in [1.82, 2.24) is 10.2 Å². The number of aromatic amines is 1. The van der Waals surface area contributed by atoms with Gasteiger partial charge in [0.1, 0.15) is 5.82 Å². The number of aryl methyl sites for hydroxylation is 1. The highest BCUT2D eigenvalue weighted by Gasteiger charge is 2.06. The summed E-state index contributed by atoms with van der Waals surface area (Å²) in [7, 11) is 0. The van der Waals surface area contributed by atoms with Crippen LogP contribution in [0.3, 0.4) is 0 Å². The molecule has 0 aliphatic rings. The van der Waals surface area contributed by atoms with Crippen LogP contribution in [-0.2, 0) is 6.42 Å². The van der Waals surface area contributed by atoms with Gasteiger partial charge in [-0.1, -0.05) is 25.5 Å². The Kier molecular flexibility index (Phi) is 4.12. The van der Waals surface area contributed by atoms with Gasteiger partial charge in [-0.05, 0) is 30.5 Å². The number of hydrogen-bond acceptors (Lipinski definition) is 2. The molecular weight excluding hydrogens is 226 g/mol. The highest BCUT2D eigenvalue weighted by Crippen LogP contribution is 2.09. The summed E-state index contributed by atoms with van der Waals surface area (Å²) < 4.78 is 0. The van der Waals surface area contributed by atoms with Crippen LogP contribution in [0.1, 0.15) is 35.7 Å². The van der Waals surface area contributed by atoms with E-state index >= 15 is 0 Å². The van der Waals surface area contributed by atoms with Crippen LogP contribution in [0, 0.1) is 0 Å². The van der Waals surface area contributed by atoms with Gasteiger partial charge in [-0.3, -0.25) is 9.89 Å². The van der Waals surface area contributed by atoms with Crippen LogP contribution in [0.15, 0.2) is 36.5 Å². The SMILES string of the molecule is CCCCc1ccc(C(=O)Nc2ccn[nH]2)cc1. The first-order chi connectivity index (χ1) is 8.79. The quantitative estimate of drug-likeness (QED) is 0.848. The molecule has 0 atom stereocenters. The molecule has 94 valence electrons. The first-order valence-electron chi connectivity index (χ1n) is 6.19. The van der Waals surface area contributed by atoms with E-state index in [1.165, 1.54) is 18.4 Å². The summed E-state index contributed by atoms with van der Waals surface area (Å²) in [5, 5.41) is 9.22. The fraction of sp³-hybridized carbons (Fsp3) is 0.286. The van der Waals surface area contributed by atoms with E-state index in [-0.39, 0.29) is 5.91 Å². The molecule has 0 saturated carbocycles. The second-order valence-electron chi connectivity index (χ2n) is 4.22. The molecule has 18 heavy (non-hydrogen) atoms.